The largest absolute Gasteiger partial charge is 0.486 e. The van der Waals surface area contributed by atoms with Gasteiger partial charge in [-0.05, 0) is 61.6 Å². The first-order valence-electron chi connectivity index (χ1n) is 11.4. The zero-order chi connectivity index (χ0) is 22.7. The van der Waals surface area contributed by atoms with Crippen LogP contribution in [0.4, 0.5) is 13.2 Å². The van der Waals surface area contributed by atoms with Gasteiger partial charge in [0.1, 0.15) is 6.61 Å². The lowest BCUT2D eigenvalue weighted by molar-refractivity contribution is 0.304. The molecule has 2 aromatic carbocycles. The lowest BCUT2D eigenvalue weighted by atomic mass is 9.87. The van der Waals surface area contributed by atoms with E-state index in [9.17, 15) is 13.2 Å². The molecule has 1 aliphatic heterocycles. The summed E-state index contributed by atoms with van der Waals surface area (Å²) in [6, 6.07) is 5.01. The average Bonchev–Trinajstić information content (AvgIpc) is 2.81. The summed E-state index contributed by atoms with van der Waals surface area (Å²) in [7, 11) is 0. The van der Waals surface area contributed by atoms with Crippen LogP contribution in [0.1, 0.15) is 62.1 Å². The third-order valence-electron chi connectivity index (χ3n) is 6.37. The molecule has 0 aromatic heterocycles. The lowest BCUT2D eigenvalue weighted by Crippen LogP contribution is -2.13. The van der Waals surface area contributed by atoms with Crippen molar-refractivity contribution in [3.63, 3.8) is 0 Å². The van der Waals surface area contributed by atoms with E-state index in [2.05, 4.69) is 12.7 Å². The van der Waals surface area contributed by atoms with Crippen LogP contribution in [0.5, 0.6) is 17.2 Å². The number of rotatable bonds is 8. The van der Waals surface area contributed by atoms with Crippen LogP contribution < -0.4 is 9.47 Å². The summed E-state index contributed by atoms with van der Waals surface area (Å²) in [5, 5.41) is 0. The molecule has 5 heteroatoms. The van der Waals surface area contributed by atoms with Crippen molar-refractivity contribution in [1.82, 2.24) is 0 Å². The molecule has 0 bridgehead atoms. The highest BCUT2D eigenvalue weighted by atomic mass is 19.2. The Hall–Kier alpha value is -2.69. The molecule has 1 atom stereocenters. The quantitative estimate of drug-likeness (QED) is 0.331. The van der Waals surface area contributed by atoms with Gasteiger partial charge in [-0.3, -0.25) is 0 Å². The van der Waals surface area contributed by atoms with Gasteiger partial charge in [0.15, 0.2) is 23.1 Å². The Balaban J connectivity index is 1.49. The molecule has 0 radical (unpaired) electrons. The van der Waals surface area contributed by atoms with Crippen LogP contribution in [-0.2, 0) is 12.8 Å². The Morgan fingerprint density at radius 2 is 1.94 bits per heavy atom. The number of ether oxygens (including phenoxy) is 2. The number of fused-ring (bicyclic) bond motifs is 2. The summed E-state index contributed by atoms with van der Waals surface area (Å²) < 4.78 is 55.5. The minimum atomic E-state index is -1.13. The molecule has 1 heterocycles. The molecular weight excluding hydrogens is 413 g/mol. The fraction of sp³-hybridized carbons (Fsp3) is 0.407. The van der Waals surface area contributed by atoms with Crippen LogP contribution in [-0.4, -0.2) is 6.61 Å². The van der Waals surface area contributed by atoms with E-state index >= 15 is 0 Å². The summed E-state index contributed by atoms with van der Waals surface area (Å²) in [5.74, 6) is -2.48. The minimum Gasteiger partial charge on any atom is -0.486 e. The van der Waals surface area contributed by atoms with Gasteiger partial charge in [-0.25, -0.2) is 4.39 Å². The SMILES string of the molecule is C=CCCC1CC=C(COc2cc3c(c(F)c2F)Oc2c(ccc(CCC)c2F)C3)CC1. The molecule has 2 nitrogen and oxygen atoms in total. The molecular formula is C27H29F3O2. The van der Waals surface area contributed by atoms with E-state index < -0.39 is 17.5 Å². The standard InChI is InChI=1S/C27H29F3O2/c1-3-5-7-17-8-10-18(11-9-17)16-31-22-15-21-14-20-13-12-19(6-4-2)23(28)26(20)32-27(21)25(30)24(22)29/h3,10,12-13,15,17H,1,4-9,11,14,16H2,2H3. The number of hydrogen-bond donors (Lipinski definition) is 0. The van der Waals surface area contributed by atoms with Gasteiger partial charge in [-0.1, -0.05) is 37.6 Å². The van der Waals surface area contributed by atoms with Crippen molar-refractivity contribution in [2.24, 2.45) is 5.92 Å². The molecule has 170 valence electrons. The van der Waals surface area contributed by atoms with Crippen molar-refractivity contribution < 1.29 is 22.6 Å². The predicted molar refractivity (Wildman–Crippen MR) is 120 cm³/mol. The van der Waals surface area contributed by atoms with Crippen molar-refractivity contribution in [2.45, 2.75) is 58.3 Å². The lowest BCUT2D eigenvalue weighted by Gasteiger charge is -2.24. The summed E-state index contributed by atoms with van der Waals surface area (Å²) in [5.41, 5.74) is 2.69. The number of allylic oxidation sites excluding steroid dienone is 2. The monoisotopic (exact) mass is 442 g/mol. The van der Waals surface area contributed by atoms with E-state index in [1.807, 2.05) is 13.0 Å². The van der Waals surface area contributed by atoms with E-state index in [0.717, 1.165) is 44.1 Å². The molecule has 2 aromatic rings. The summed E-state index contributed by atoms with van der Waals surface area (Å²) in [4.78, 5) is 0. The number of benzene rings is 2. The first-order valence-corrected chi connectivity index (χ1v) is 11.4. The summed E-state index contributed by atoms with van der Waals surface area (Å²) in [6.45, 7) is 5.95. The fourth-order valence-electron chi connectivity index (χ4n) is 4.50. The van der Waals surface area contributed by atoms with Crippen molar-refractivity contribution in [2.75, 3.05) is 6.61 Å². The molecule has 0 saturated heterocycles. The third kappa shape index (κ3) is 4.57. The Morgan fingerprint density at radius 1 is 1.12 bits per heavy atom. The maximum Gasteiger partial charge on any atom is 0.205 e. The molecule has 0 spiro atoms. The molecule has 2 aliphatic rings. The molecule has 0 saturated carbocycles. The second kappa shape index (κ2) is 9.85. The van der Waals surface area contributed by atoms with E-state index in [-0.39, 0.29) is 30.3 Å². The van der Waals surface area contributed by atoms with Crippen molar-refractivity contribution in [1.29, 1.82) is 0 Å². The smallest absolute Gasteiger partial charge is 0.205 e. The molecule has 1 aliphatic carbocycles. The van der Waals surface area contributed by atoms with Crippen molar-refractivity contribution in [3.8, 4) is 17.2 Å². The highest BCUT2D eigenvalue weighted by molar-refractivity contribution is 5.54. The second-order valence-corrected chi connectivity index (χ2v) is 8.70. The molecule has 32 heavy (non-hydrogen) atoms. The summed E-state index contributed by atoms with van der Waals surface area (Å²) in [6.07, 6.45) is 10.8. The molecule has 1 unspecified atom stereocenters. The van der Waals surface area contributed by atoms with Crippen LogP contribution >= 0.6 is 0 Å². The number of aryl methyl sites for hydroxylation is 1. The number of hydrogen-bond acceptors (Lipinski definition) is 2. The van der Waals surface area contributed by atoms with Crippen LogP contribution in [0.3, 0.4) is 0 Å². The van der Waals surface area contributed by atoms with E-state index in [4.69, 9.17) is 9.47 Å². The first kappa shape index (κ1) is 22.5. The van der Waals surface area contributed by atoms with Gasteiger partial charge in [-0.15, -0.1) is 6.58 Å². The van der Waals surface area contributed by atoms with Gasteiger partial charge in [0, 0.05) is 17.5 Å². The van der Waals surface area contributed by atoms with Crippen LogP contribution in [0, 0.1) is 23.4 Å². The van der Waals surface area contributed by atoms with Gasteiger partial charge in [-0.2, -0.15) is 8.78 Å². The van der Waals surface area contributed by atoms with Gasteiger partial charge in [0.2, 0.25) is 11.6 Å². The normalized spacial score (nSPS) is 17.1. The molecule has 0 amide bonds. The Morgan fingerprint density at radius 3 is 2.66 bits per heavy atom. The van der Waals surface area contributed by atoms with Gasteiger partial charge in [0.25, 0.3) is 0 Å². The van der Waals surface area contributed by atoms with Gasteiger partial charge < -0.3 is 9.47 Å². The zero-order valence-electron chi connectivity index (χ0n) is 18.5. The minimum absolute atomic E-state index is 0.00575. The van der Waals surface area contributed by atoms with E-state index in [0.29, 0.717) is 29.0 Å². The summed E-state index contributed by atoms with van der Waals surface area (Å²) >= 11 is 0. The van der Waals surface area contributed by atoms with E-state index in [1.54, 1.807) is 12.1 Å². The highest BCUT2D eigenvalue weighted by Crippen LogP contribution is 2.43. The average molecular weight is 443 g/mol. The molecule has 0 fully saturated rings. The molecule has 0 N–H and O–H groups in total. The van der Waals surface area contributed by atoms with E-state index in [1.165, 1.54) is 6.07 Å². The van der Waals surface area contributed by atoms with Crippen LogP contribution in [0.15, 0.2) is 42.5 Å². The van der Waals surface area contributed by atoms with Crippen molar-refractivity contribution in [3.05, 3.63) is 76.6 Å². The highest BCUT2D eigenvalue weighted by Gasteiger charge is 2.29. The Bertz CT molecular complexity index is 1040. The molecule has 4 rings (SSSR count). The number of halogens is 3. The van der Waals surface area contributed by atoms with Gasteiger partial charge >= 0.3 is 0 Å². The second-order valence-electron chi connectivity index (χ2n) is 8.70. The maximum atomic E-state index is 14.8. The topological polar surface area (TPSA) is 18.5 Å². The fourth-order valence-corrected chi connectivity index (χ4v) is 4.50. The predicted octanol–water partition coefficient (Wildman–Crippen LogP) is 7.82. The van der Waals surface area contributed by atoms with Gasteiger partial charge in [0.05, 0.1) is 0 Å². The van der Waals surface area contributed by atoms with Crippen LogP contribution in [0.25, 0.3) is 0 Å². The third-order valence-corrected chi connectivity index (χ3v) is 6.37. The zero-order valence-corrected chi connectivity index (χ0v) is 18.5. The van der Waals surface area contributed by atoms with Crippen LogP contribution in [0.2, 0.25) is 0 Å². The van der Waals surface area contributed by atoms with Crippen molar-refractivity contribution >= 4 is 0 Å². The Labute approximate surface area is 187 Å². The first-order chi connectivity index (χ1) is 15.5. The maximum absolute atomic E-state index is 14.8. The Kier molecular flexibility index (Phi) is 6.92.